The minimum atomic E-state index is -0.502. The zero-order valence-electron chi connectivity index (χ0n) is 21.6. The summed E-state index contributed by atoms with van der Waals surface area (Å²) in [7, 11) is 0. The van der Waals surface area contributed by atoms with Gasteiger partial charge in [-0.15, -0.1) is 0 Å². The predicted molar refractivity (Wildman–Crippen MR) is 143 cm³/mol. The number of hydrogen-bond donors (Lipinski definition) is 1. The van der Waals surface area contributed by atoms with E-state index in [0.717, 1.165) is 38.6 Å². The Labute approximate surface area is 214 Å². The van der Waals surface area contributed by atoms with E-state index in [1.54, 1.807) is 0 Å². The molecule has 5 rings (SSSR count). The first-order valence-corrected chi connectivity index (χ1v) is 13.3. The zero-order chi connectivity index (χ0) is 25.3. The molecule has 0 bridgehead atoms. The van der Waals surface area contributed by atoms with E-state index in [4.69, 9.17) is 4.74 Å². The molecule has 1 heterocycles. The average Bonchev–Trinajstić information content (AvgIpc) is 2.87. The third kappa shape index (κ3) is 5.13. The van der Waals surface area contributed by atoms with Gasteiger partial charge in [0, 0.05) is 12.5 Å². The Bertz CT molecular complexity index is 1200. The first kappa shape index (κ1) is 24.4. The topological polar surface area (TPSA) is 49.8 Å². The lowest BCUT2D eigenvalue weighted by atomic mass is 9.69. The van der Waals surface area contributed by atoms with Crippen LogP contribution in [0.5, 0.6) is 5.75 Å². The molecule has 0 aromatic heterocycles. The monoisotopic (exact) mass is 483 g/mol. The maximum absolute atomic E-state index is 13.0. The summed E-state index contributed by atoms with van der Waals surface area (Å²) in [6, 6.07) is 25.6. The number of piperidine rings is 1. The molecule has 3 aromatic carbocycles. The SMILES string of the molecule is CC(C)(C)OC(=O)N1CCCCC1c1ccc(C2c3ccc(O)cc3CCC2c2ccccc2)cc1. The van der Waals surface area contributed by atoms with Crippen LogP contribution >= 0.6 is 0 Å². The number of hydrogen-bond acceptors (Lipinski definition) is 3. The Morgan fingerprint density at radius 3 is 2.33 bits per heavy atom. The largest absolute Gasteiger partial charge is 0.508 e. The summed E-state index contributed by atoms with van der Waals surface area (Å²) in [5.41, 5.74) is 5.83. The number of likely N-dealkylation sites (tertiary alicyclic amines) is 1. The number of phenols is 1. The molecule has 188 valence electrons. The van der Waals surface area contributed by atoms with Gasteiger partial charge < -0.3 is 14.7 Å². The van der Waals surface area contributed by atoms with Crippen LogP contribution in [0.4, 0.5) is 4.79 Å². The van der Waals surface area contributed by atoms with E-state index >= 15 is 0 Å². The summed E-state index contributed by atoms with van der Waals surface area (Å²) < 4.78 is 5.73. The Morgan fingerprint density at radius 2 is 1.61 bits per heavy atom. The van der Waals surface area contributed by atoms with Gasteiger partial charge in [0.15, 0.2) is 0 Å². The molecule has 0 saturated carbocycles. The number of amides is 1. The van der Waals surface area contributed by atoms with Crippen molar-refractivity contribution >= 4 is 6.09 Å². The molecule has 1 aliphatic heterocycles. The summed E-state index contributed by atoms with van der Waals surface area (Å²) >= 11 is 0. The summed E-state index contributed by atoms with van der Waals surface area (Å²) in [4.78, 5) is 14.9. The molecule has 1 saturated heterocycles. The second-order valence-electron chi connectivity index (χ2n) is 11.3. The molecule has 1 aliphatic carbocycles. The van der Waals surface area contributed by atoms with Crippen LogP contribution in [0.1, 0.15) is 92.1 Å². The number of ether oxygens (including phenoxy) is 1. The van der Waals surface area contributed by atoms with Crippen LogP contribution in [0.3, 0.4) is 0 Å². The van der Waals surface area contributed by atoms with E-state index in [0.29, 0.717) is 11.7 Å². The molecule has 36 heavy (non-hydrogen) atoms. The summed E-state index contributed by atoms with van der Waals surface area (Å²) in [5.74, 6) is 0.932. The van der Waals surface area contributed by atoms with Crippen molar-refractivity contribution in [2.75, 3.05) is 6.54 Å². The first-order valence-electron chi connectivity index (χ1n) is 13.3. The quantitative estimate of drug-likeness (QED) is 0.415. The van der Waals surface area contributed by atoms with E-state index in [9.17, 15) is 9.90 Å². The summed E-state index contributed by atoms with van der Waals surface area (Å²) in [5, 5.41) is 10.1. The minimum absolute atomic E-state index is 0.0446. The number of aromatic hydroxyl groups is 1. The molecule has 4 heteroatoms. The van der Waals surface area contributed by atoms with Crippen molar-refractivity contribution in [3.05, 3.63) is 101 Å². The fourth-order valence-electron chi connectivity index (χ4n) is 6.02. The fourth-order valence-corrected chi connectivity index (χ4v) is 6.02. The third-order valence-electron chi connectivity index (χ3n) is 7.63. The van der Waals surface area contributed by atoms with Gasteiger partial charge >= 0.3 is 6.09 Å². The number of benzene rings is 3. The highest BCUT2D eigenvalue weighted by Gasteiger charge is 2.34. The molecule has 0 spiro atoms. The lowest BCUT2D eigenvalue weighted by Gasteiger charge is -2.37. The van der Waals surface area contributed by atoms with Gasteiger partial charge in [0.25, 0.3) is 0 Å². The molecule has 1 fully saturated rings. The number of phenolic OH excluding ortho intramolecular Hbond substituents is 1. The molecular formula is C32H37NO3. The van der Waals surface area contributed by atoms with Crippen LogP contribution in [0.2, 0.25) is 0 Å². The molecule has 1 amide bonds. The number of carbonyl (C=O) groups is 1. The van der Waals surface area contributed by atoms with Gasteiger partial charge in [0.2, 0.25) is 0 Å². The number of rotatable bonds is 3. The van der Waals surface area contributed by atoms with Crippen molar-refractivity contribution in [1.82, 2.24) is 4.90 Å². The first-order chi connectivity index (χ1) is 17.3. The van der Waals surface area contributed by atoms with Crippen molar-refractivity contribution in [1.29, 1.82) is 0 Å². The molecule has 4 nitrogen and oxygen atoms in total. The average molecular weight is 484 g/mol. The van der Waals surface area contributed by atoms with Crippen LogP contribution in [-0.2, 0) is 11.2 Å². The van der Waals surface area contributed by atoms with Crippen LogP contribution in [0.25, 0.3) is 0 Å². The number of carbonyl (C=O) groups excluding carboxylic acids is 1. The Morgan fingerprint density at radius 1 is 0.889 bits per heavy atom. The van der Waals surface area contributed by atoms with Crippen LogP contribution < -0.4 is 0 Å². The number of aryl methyl sites for hydroxylation is 1. The normalized spacial score (nSPS) is 22.1. The highest BCUT2D eigenvalue weighted by Crippen LogP contribution is 2.47. The Kier molecular flexibility index (Phi) is 6.79. The Hall–Kier alpha value is -3.27. The van der Waals surface area contributed by atoms with Crippen LogP contribution in [0, 0.1) is 0 Å². The maximum Gasteiger partial charge on any atom is 0.410 e. The number of nitrogens with zero attached hydrogens (tertiary/aromatic N) is 1. The fraction of sp³-hybridized carbons (Fsp3) is 0.406. The highest BCUT2D eigenvalue weighted by molar-refractivity contribution is 5.69. The maximum atomic E-state index is 13.0. The van der Waals surface area contributed by atoms with E-state index in [1.165, 1.54) is 27.8 Å². The van der Waals surface area contributed by atoms with Crippen molar-refractivity contribution in [2.45, 2.75) is 76.4 Å². The molecular weight excluding hydrogens is 446 g/mol. The zero-order valence-corrected chi connectivity index (χ0v) is 21.6. The number of fused-ring (bicyclic) bond motifs is 1. The minimum Gasteiger partial charge on any atom is -0.508 e. The molecule has 3 atom stereocenters. The molecule has 3 unspecified atom stereocenters. The van der Waals surface area contributed by atoms with E-state index in [1.807, 2.05) is 37.8 Å². The lowest BCUT2D eigenvalue weighted by molar-refractivity contribution is 0.00951. The second kappa shape index (κ2) is 10.0. The van der Waals surface area contributed by atoms with Gasteiger partial charge in [-0.25, -0.2) is 4.79 Å². The van der Waals surface area contributed by atoms with E-state index < -0.39 is 5.60 Å². The van der Waals surface area contributed by atoms with Gasteiger partial charge in [-0.2, -0.15) is 0 Å². The van der Waals surface area contributed by atoms with Crippen molar-refractivity contribution < 1.29 is 14.6 Å². The second-order valence-corrected chi connectivity index (χ2v) is 11.3. The van der Waals surface area contributed by atoms with Gasteiger partial charge in [0.1, 0.15) is 11.4 Å². The predicted octanol–water partition coefficient (Wildman–Crippen LogP) is 7.72. The van der Waals surface area contributed by atoms with Gasteiger partial charge in [-0.1, -0.05) is 60.7 Å². The van der Waals surface area contributed by atoms with Gasteiger partial charge in [-0.05, 0) is 98.7 Å². The molecule has 3 aromatic rings. The van der Waals surface area contributed by atoms with Gasteiger partial charge in [0.05, 0.1) is 6.04 Å². The van der Waals surface area contributed by atoms with Crippen molar-refractivity contribution in [3.63, 3.8) is 0 Å². The molecule has 1 N–H and O–H groups in total. The van der Waals surface area contributed by atoms with E-state index in [-0.39, 0.29) is 18.1 Å². The summed E-state index contributed by atoms with van der Waals surface area (Å²) in [6.07, 6.45) is 4.87. The van der Waals surface area contributed by atoms with Crippen molar-refractivity contribution in [3.8, 4) is 5.75 Å². The van der Waals surface area contributed by atoms with Crippen LogP contribution in [-0.4, -0.2) is 28.2 Å². The third-order valence-corrected chi connectivity index (χ3v) is 7.63. The molecule has 2 aliphatic rings. The standard InChI is InChI=1S/C32H37NO3/c1-32(2,3)36-31(35)33-20-8-7-11-29(33)23-12-14-24(15-13-23)30-27(22-9-5-4-6-10-22)18-16-25-21-26(34)17-19-28(25)30/h4-6,9-10,12-15,17,19,21,27,29-30,34H,7-8,11,16,18,20H2,1-3H3. The van der Waals surface area contributed by atoms with E-state index in [2.05, 4.69) is 60.7 Å². The highest BCUT2D eigenvalue weighted by atomic mass is 16.6. The van der Waals surface area contributed by atoms with Gasteiger partial charge in [-0.3, -0.25) is 0 Å². The lowest BCUT2D eigenvalue weighted by Crippen LogP contribution is -2.41. The van der Waals surface area contributed by atoms with Crippen LogP contribution in [0.15, 0.2) is 72.8 Å². The molecule has 0 radical (unpaired) electrons. The van der Waals surface area contributed by atoms with Crippen molar-refractivity contribution in [2.24, 2.45) is 0 Å². The summed E-state index contributed by atoms with van der Waals surface area (Å²) in [6.45, 7) is 6.49. The smallest absolute Gasteiger partial charge is 0.410 e. The Balaban J connectivity index is 1.47.